The quantitative estimate of drug-likeness (QED) is 0.0316. The van der Waals surface area contributed by atoms with Crippen LogP contribution < -0.4 is 25.6 Å². The van der Waals surface area contributed by atoms with Gasteiger partial charge in [0.2, 0.25) is 11.8 Å². The van der Waals surface area contributed by atoms with E-state index in [0.717, 1.165) is 52.6 Å². The molecule has 0 saturated heterocycles. The van der Waals surface area contributed by atoms with Crippen molar-refractivity contribution in [2.24, 2.45) is 15.8 Å². The zero-order valence-corrected chi connectivity index (χ0v) is 45.3. The number of rotatable bonds is 16. The Morgan fingerprint density at radius 2 is 1.35 bits per heavy atom. The number of nitrogens with one attached hydrogen (secondary N) is 3. The van der Waals surface area contributed by atoms with E-state index in [2.05, 4.69) is 22.9 Å². The highest BCUT2D eigenvalue weighted by Crippen LogP contribution is 2.47. The monoisotopic (exact) mass is 1000 g/mol. The molecular formula is C56H70N5O8S2-. The van der Waals surface area contributed by atoms with Crippen molar-refractivity contribution < 1.29 is 35.7 Å². The fourth-order valence-electron chi connectivity index (χ4n) is 9.43. The normalized spacial score (nSPS) is 13.4. The Morgan fingerprint density at radius 3 is 1.93 bits per heavy atom. The number of unbranched alkanes of at least 4 members (excludes halogenated alkanes) is 2. The Bertz CT molecular complexity index is 3200. The Hall–Kier alpha value is -5.87. The fraction of sp³-hybridized carbons (Fsp3) is 0.411. The molecule has 2 unspecified atom stereocenters. The number of hydrogen-bond donors (Lipinski definition) is 4. The van der Waals surface area contributed by atoms with Gasteiger partial charge in [0.15, 0.2) is 0 Å². The van der Waals surface area contributed by atoms with Crippen LogP contribution in [0.15, 0.2) is 81.0 Å². The standard InChI is InChI=1S/C56H71N5O8S2/c1-15-16-17-20-36(6)61(70(64)65)44-28-42-46(29-43(44)58-52-33(3)26-35(5)54(38(52)8)60-49(63)31-56(12,13)14)69-45-27-39(23-24-40(45)50(42)41-21-18-19-22-47(41)71(66,67)68)57-51-32(2)25-34(4)53(37(51)7)59-48(62)30-55(9,10)11/h18-19,21-29,36,58H,15-17,20,30-31H2,1-14H3,(H,59,62)(H,60,63)(H,64,65)(H,66,67,68)/p-1. The van der Waals surface area contributed by atoms with Crippen molar-refractivity contribution >= 4 is 78.3 Å². The van der Waals surface area contributed by atoms with Crippen LogP contribution in [0, 0.1) is 52.4 Å². The summed E-state index contributed by atoms with van der Waals surface area (Å²) in [6, 6.07) is 18.3. The lowest BCUT2D eigenvalue weighted by molar-refractivity contribution is -0.118. The van der Waals surface area contributed by atoms with Crippen LogP contribution >= 0.6 is 0 Å². The van der Waals surface area contributed by atoms with Gasteiger partial charge in [-0.25, -0.2) is 4.99 Å². The second kappa shape index (κ2) is 21.5. The Morgan fingerprint density at radius 1 is 0.775 bits per heavy atom. The summed E-state index contributed by atoms with van der Waals surface area (Å²) in [4.78, 5) is 31.3. The van der Waals surface area contributed by atoms with Crippen LogP contribution in [0.25, 0.3) is 33.4 Å². The molecule has 15 heteroatoms. The molecular weight excluding hydrogens is 935 g/mol. The molecule has 1 aliphatic carbocycles. The maximum atomic E-state index is 13.6. The van der Waals surface area contributed by atoms with Gasteiger partial charge in [0.25, 0.3) is 10.1 Å². The molecule has 13 nitrogen and oxygen atoms in total. The molecule has 0 spiro atoms. The Kier molecular flexibility index (Phi) is 16.5. The van der Waals surface area contributed by atoms with Crippen molar-refractivity contribution in [2.45, 2.75) is 146 Å². The molecule has 2 aliphatic rings. The van der Waals surface area contributed by atoms with E-state index < -0.39 is 27.4 Å². The minimum absolute atomic E-state index is 0.101. The van der Waals surface area contributed by atoms with Crippen molar-refractivity contribution in [1.82, 2.24) is 0 Å². The van der Waals surface area contributed by atoms with Crippen LogP contribution in [0.1, 0.15) is 127 Å². The molecule has 380 valence electrons. The summed E-state index contributed by atoms with van der Waals surface area (Å²) in [7, 11) is -4.79. The summed E-state index contributed by atoms with van der Waals surface area (Å²) in [6.07, 6.45) is 3.82. The molecule has 4 aromatic carbocycles. The average Bonchev–Trinajstić information content (AvgIpc) is 3.24. The minimum Gasteiger partial charge on any atom is -0.755 e. The lowest BCUT2D eigenvalue weighted by Crippen LogP contribution is -2.35. The van der Waals surface area contributed by atoms with Crippen molar-refractivity contribution in [3.05, 3.63) is 105 Å². The van der Waals surface area contributed by atoms with Crippen molar-refractivity contribution in [2.75, 3.05) is 20.3 Å². The molecule has 1 aliphatic heterocycles. The van der Waals surface area contributed by atoms with Crippen molar-refractivity contribution in [1.29, 1.82) is 0 Å². The van der Waals surface area contributed by atoms with Crippen LogP contribution in [0.5, 0.6) is 0 Å². The summed E-state index contributed by atoms with van der Waals surface area (Å²) in [5, 5.41) is 10.7. The third kappa shape index (κ3) is 12.8. The third-order valence-electron chi connectivity index (χ3n) is 12.6. The predicted octanol–water partition coefficient (Wildman–Crippen LogP) is 13.6. The fourth-order valence-corrected chi connectivity index (χ4v) is 10.8. The van der Waals surface area contributed by atoms with E-state index in [0.29, 0.717) is 75.3 Å². The third-order valence-corrected chi connectivity index (χ3v) is 14.4. The van der Waals surface area contributed by atoms with Crippen LogP contribution in [0.3, 0.4) is 0 Å². The number of aryl methyl sites for hydroxylation is 4. The highest BCUT2D eigenvalue weighted by atomic mass is 32.2. The lowest BCUT2D eigenvalue weighted by Gasteiger charge is -2.35. The largest absolute Gasteiger partial charge is 0.755 e. The minimum atomic E-state index is -4.79. The van der Waals surface area contributed by atoms with Gasteiger partial charge in [-0.15, -0.1) is 0 Å². The molecule has 0 bridgehead atoms. The summed E-state index contributed by atoms with van der Waals surface area (Å²) in [6.45, 7) is 27.6. The molecule has 4 aromatic rings. The van der Waals surface area contributed by atoms with Gasteiger partial charge in [-0.1, -0.05) is 98.1 Å². The lowest BCUT2D eigenvalue weighted by atomic mass is 9.91. The number of carbonyl (C=O) groups is 2. The first kappa shape index (κ1) is 54.5. The van der Waals surface area contributed by atoms with Crippen LogP contribution in [0.4, 0.5) is 34.1 Å². The molecule has 2 amide bonds. The molecule has 71 heavy (non-hydrogen) atoms. The van der Waals surface area contributed by atoms with Gasteiger partial charge in [-0.05, 0) is 123 Å². The molecule has 6 rings (SSSR count). The van der Waals surface area contributed by atoms with E-state index in [1.165, 1.54) is 16.4 Å². The van der Waals surface area contributed by atoms with Gasteiger partial charge in [0.1, 0.15) is 16.2 Å². The molecule has 4 N–H and O–H groups in total. The van der Waals surface area contributed by atoms with Crippen molar-refractivity contribution in [3.63, 3.8) is 0 Å². The molecule has 0 radical (unpaired) electrons. The first-order valence-electron chi connectivity index (χ1n) is 24.2. The van der Waals surface area contributed by atoms with Gasteiger partial charge in [0, 0.05) is 81.4 Å². The van der Waals surface area contributed by atoms with E-state index in [4.69, 9.17) is 9.41 Å². The summed E-state index contributed by atoms with van der Waals surface area (Å²) in [5.74, 6) is 0.0860. The van der Waals surface area contributed by atoms with Crippen LogP contribution in [-0.2, 0) is 31.0 Å². The number of nitrogens with zero attached hydrogens (tertiary/aromatic N) is 2. The summed E-state index contributed by atoms with van der Waals surface area (Å²) < 4.78 is 72.4. The second-order valence-electron chi connectivity index (χ2n) is 21.4. The SMILES string of the molecule is CCCCCC(C)N(c1cc2c(-c3ccccc3S(=O)(=O)O)c3ccc(=Nc4c(C)cc(C)c(NC(=O)CC(C)(C)C)c4C)cc-3oc2cc1Nc1c(C)cc(C)c(NC(=O)CC(C)(C)C)c1C)S(=O)[O-]. The van der Waals surface area contributed by atoms with Crippen molar-refractivity contribution in [3.8, 4) is 22.5 Å². The Labute approximate surface area is 422 Å². The topological polar surface area (TPSA) is 193 Å². The van der Waals surface area contributed by atoms with E-state index >= 15 is 0 Å². The Balaban J connectivity index is 1.68. The molecule has 0 saturated carbocycles. The van der Waals surface area contributed by atoms with Gasteiger partial charge in [-0.2, -0.15) is 8.42 Å². The van der Waals surface area contributed by atoms with Gasteiger partial charge in [-0.3, -0.25) is 22.7 Å². The number of carbonyl (C=O) groups excluding carboxylic acids is 2. The first-order chi connectivity index (χ1) is 33.1. The van der Waals surface area contributed by atoms with Gasteiger partial charge in [0.05, 0.1) is 22.4 Å². The van der Waals surface area contributed by atoms with E-state index in [1.807, 2.05) is 102 Å². The summed E-state index contributed by atoms with van der Waals surface area (Å²) >= 11 is -2.79. The zero-order valence-electron chi connectivity index (χ0n) is 43.7. The molecule has 0 fully saturated rings. The van der Waals surface area contributed by atoms with Gasteiger partial charge < -0.3 is 24.9 Å². The predicted molar refractivity (Wildman–Crippen MR) is 288 cm³/mol. The molecule has 0 aromatic heterocycles. The number of hydrogen-bond acceptors (Lipinski definition) is 9. The number of fused-ring (bicyclic) bond motifs is 2. The number of amides is 2. The number of benzene rings is 5. The number of anilines is 5. The highest BCUT2D eigenvalue weighted by Gasteiger charge is 2.28. The zero-order chi connectivity index (χ0) is 52.5. The van der Waals surface area contributed by atoms with Gasteiger partial charge >= 0.3 is 0 Å². The van der Waals surface area contributed by atoms with Crippen LogP contribution in [-0.4, -0.2) is 39.6 Å². The highest BCUT2D eigenvalue weighted by molar-refractivity contribution is 7.86. The van der Waals surface area contributed by atoms with E-state index in [1.54, 1.807) is 42.5 Å². The maximum absolute atomic E-state index is 13.6. The second-order valence-corrected chi connectivity index (χ2v) is 23.7. The maximum Gasteiger partial charge on any atom is 0.295 e. The van der Waals surface area contributed by atoms with E-state index in [9.17, 15) is 31.3 Å². The smallest absolute Gasteiger partial charge is 0.295 e. The molecule has 1 heterocycles. The first-order valence-corrected chi connectivity index (χ1v) is 26.7. The average molecular weight is 1010 g/mol. The van der Waals surface area contributed by atoms with E-state index in [-0.39, 0.29) is 44.4 Å². The molecule has 2 atom stereocenters. The summed E-state index contributed by atoms with van der Waals surface area (Å²) in [5.41, 5.74) is 9.12. The van der Waals surface area contributed by atoms with Crippen LogP contribution in [0.2, 0.25) is 0 Å².